The molecule has 0 amide bonds. The Kier molecular flexibility index (Phi) is 4.21. The fourth-order valence-electron chi connectivity index (χ4n) is 3.70. The Balaban J connectivity index is 1.60. The van der Waals surface area contributed by atoms with E-state index in [0.717, 1.165) is 16.0 Å². The van der Waals surface area contributed by atoms with Crippen LogP contribution in [0.3, 0.4) is 0 Å². The van der Waals surface area contributed by atoms with Gasteiger partial charge in [0.2, 0.25) is 0 Å². The lowest BCUT2D eigenvalue weighted by Crippen LogP contribution is -2.38. The van der Waals surface area contributed by atoms with Gasteiger partial charge in [-0.15, -0.1) is 0 Å². The maximum Gasteiger partial charge on any atom is 0.0462 e. The second-order valence-electron chi connectivity index (χ2n) is 6.22. The van der Waals surface area contributed by atoms with Crippen LogP contribution in [-0.4, -0.2) is 18.0 Å². The van der Waals surface area contributed by atoms with E-state index in [-0.39, 0.29) is 0 Å². The van der Waals surface area contributed by atoms with E-state index in [4.69, 9.17) is 11.6 Å². The molecule has 3 heteroatoms. The minimum atomic E-state index is 0.708. The fraction of sp³-hybridized carbons (Fsp3) is 0.625. The maximum absolute atomic E-state index is 6.31. The van der Waals surface area contributed by atoms with Crippen LogP contribution in [0.4, 0.5) is 0 Å². The summed E-state index contributed by atoms with van der Waals surface area (Å²) in [6.07, 6.45) is 8.64. The third-order valence-corrected chi connectivity index (χ3v) is 5.84. The topological polar surface area (TPSA) is 3.24 Å². The number of likely N-dealkylation sites (tertiary alicyclic amines) is 1. The third-order valence-electron chi connectivity index (χ3n) is 4.99. The van der Waals surface area contributed by atoms with Crippen LogP contribution in [0.25, 0.3) is 0 Å². The van der Waals surface area contributed by atoms with E-state index >= 15 is 0 Å². The Morgan fingerprint density at radius 1 is 1.11 bits per heavy atom. The summed E-state index contributed by atoms with van der Waals surface area (Å²) >= 11 is 9.78. The lowest BCUT2D eigenvalue weighted by molar-refractivity contribution is 0.103. The highest BCUT2D eigenvalue weighted by Gasteiger charge is 2.36. The molecule has 1 aromatic rings. The highest BCUT2D eigenvalue weighted by molar-refractivity contribution is 9.10. The summed E-state index contributed by atoms with van der Waals surface area (Å²) in [7, 11) is 0. The first-order chi connectivity index (χ1) is 9.17. The summed E-state index contributed by atoms with van der Waals surface area (Å²) in [6.45, 7) is 3.49. The molecular weight excluding hydrogens is 322 g/mol. The molecule has 19 heavy (non-hydrogen) atoms. The molecule has 104 valence electrons. The molecule has 2 aliphatic rings. The number of hydrogen-bond donors (Lipinski definition) is 0. The van der Waals surface area contributed by atoms with Crippen molar-refractivity contribution in [2.45, 2.75) is 45.1 Å². The third kappa shape index (κ3) is 3.17. The standard InChI is InChI=1S/C16H21BrClN/c17-14-4-3-13(15(18)11-14)12-19-9-7-16(8-10-19)5-1-2-6-16/h3-4,11H,1-2,5-10,12H2. The molecule has 0 N–H and O–H groups in total. The fourth-order valence-corrected chi connectivity index (χ4v) is 4.43. The molecule has 0 atom stereocenters. The average molecular weight is 343 g/mol. The van der Waals surface area contributed by atoms with Gasteiger partial charge in [0.25, 0.3) is 0 Å². The molecule has 1 spiro atoms. The van der Waals surface area contributed by atoms with Crippen molar-refractivity contribution in [3.05, 3.63) is 33.3 Å². The summed E-state index contributed by atoms with van der Waals surface area (Å²) in [5.41, 5.74) is 1.97. The van der Waals surface area contributed by atoms with Gasteiger partial charge in [0.05, 0.1) is 0 Å². The molecule has 0 radical (unpaired) electrons. The summed E-state index contributed by atoms with van der Waals surface area (Å²) in [6, 6.07) is 6.23. The second-order valence-corrected chi connectivity index (χ2v) is 7.54. The van der Waals surface area contributed by atoms with Crippen LogP contribution in [0.1, 0.15) is 44.1 Å². The second kappa shape index (κ2) is 5.75. The Hall–Kier alpha value is -0.0500. The van der Waals surface area contributed by atoms with Gasteiger partial charge < -0.3 is 0 Å². The van der Waals surface area contributed by atoms with Gasteiger partial charge in [0.1, 0.15) is 0 Å². The van der Waals surface area contributed by atoms with E-state index in [2.05, 4.69) is 33.0 Å². The van der Waals surface area contributed by atoms with Crippen molar-refractivity contribution >= 4 is 27.5 Å². The zero-order valence-electron chi connectivity index (χ0n) is 11.3. The molecule has 1 nitrogen and oxygen atoms in total. The van der Waals surface area contributed by atoms with Crippen molar-refractivity contribution < 1.29 is 0 Å². The van der Waals surface area contributed by atoms with Crippen LogP contribution in [-0.2, 0) is 6.54 Å². The van der Waals surface area contributed by atoms with E-state index in [1.165, 1.54) is 57.2 Å². The first-order valence-electron chi connectivity index (χ1n) is 7.33. The molecule has 0 aromatic heterocycles. The van der Waals surface area contributed by atoms with Crippen molar-refractivity contribution in [3.8, 4) is 0 Å². The van der Waals surface area contributed by atoms with Gasteiger partial charge in [-0.05, 0) is 61.9 Å². The molecule has 1 aliphatic carbocycles. The molecule has 0 bridgehead atoms. The van der Waals surface area contributed by atoms with E-state index in [9.17, 15) is 0 Å². The van der Waals surface area contributed by atoms with Gasteiger partial charge in [-0.1, -0.05) is 46.4 Å². The smallest absolute Gasteiger partial charge is 0.0462 e. The maximum atomic E-state index is 6.31. The minimum Gasteiger partial charge on any atom is -0.299 e. The number of benzene rings is 1. The number of halogens is 2. The van der Waals surface area contributed by atoms with Gasteiger partial charge in [-0.3, -0.25) is 4.90 Å². The normalized spacial score (nSPS) is 23.1. The van der Waals surface area contributed by atoms with Gasteiger partial charge in [0, 0.05) is 16.0 Å². The van der Waals surface area contributed by atoms with Crippen LogP contribution < -0.4 is 0 Å². The van der Waals surface area contributed by atoms with Crippen LogP contribution in [0.15, 0.2) is 22.7 Å². The van der Waals surface area contributed by atoms with Gasteiger partial charge >= 0.3 is 0 Å². The number of piperidine rings is 1. The lowest BCUT2D eigenvalue weighted by Gasteiger charge is -2.39. The van der Waals surface area contributed by atoms with Gasteiger partial charge in [0.15, 0.2) is 0 Å². The summed E-state index contributed by atoms with van der Waals surface area (Å²) in [5.74, 6) is 0. The van der Waals surface area contributed by atoms with Crippen LogP contribution in [0.2, 0.25) is 5.02 Å². The van der Waals surface area contributed by atoms with Crippen LogP contribution >= 0.6 is 27.5 Å². The number of hydrogen-bond acceptors (Lipinski definition) is 1. The molecule has 2 fully saturated rings. The van der Waals surface area contributed by atoms with Crippen molar-refractivity contribution in [1.82, 2.24) is 4.90 Å². The molecule has 1 saturated carbocycles. The first kappa shape index (κ1) is 13.9. The zero-order chi connectivity index (χ0) is 13.3. The van der Waals surface area contributed by atoms with E-state index in [1.54, 1.807) is 0 Å². The Morgan fingerprint density at radius 3 is 2.42 bits per heavy atom. The molecule has 1 heterocycles. The SMILES string of the molecule is Clc1cc(Br)ccc1CN1CCC2(CCCC2)CC1. The van der Waals surface area contributed by atoms with Crippen LogP contribution in [0, 0.1) is 5.41 Å². The largest absolute Gasteiger partial charge is 0.299 e. The first-order valence-corrected chi connectivity index (χ1v) is 8.50. The van der Waals surface area contributed by atoms with Gasteiger partial charge in [-0.25, -0.2) is 0 Å². The minimum absolute atomic E-state index is 0.708. The molecule has 1 saturated heterocycles. The van der Waals surface area contributed by atoms with Gasteiger partial charge in [-0.2, -0.15) is 0 Å². The summed E-state index contributed by atoms with van der Waals surface area (Å²) in [4.78, 5) is 2.57. The monoisotopic (exact) mass is 341 g/mol. The molecule has 1 aromatic carbocycles. The quantitative estimate of drug-likeness (QED) is 0.708. The Bertz CT molecular complexity index is 444. The summed E-state index contributed by atoms with van der Waals surface area (Å²) in [5, 5.41) is 0.885. The van der Waals surface area contributed by atoms with E-state index in [0.29, 0.717) is 5.41 Å². The Morgan fingerprint density at radius 2 is 1.79 bits per heavy atom. The molecule has 1 aliphatic heterocycles. The van der Waals surface area contributed by atoms with Crippen molar-refractivity contribution in [3.63, 3.8) is 0 Å². The summed E-state index contributed by atoms with van der Waals surface area (Å²) < 4.78 is 1.06. The Labute approximate surface area is 129 Å². The predicted octanol–water partition coefficient (Wildman–Crippen LogP) is 5.26. The van der Waals surface area contributed by atoms with Crippen molar-refractivity contribution in [2.24, 2.45) is 5.41 Å². The predicted molar refractivity (Wildman–Crippen MR) is 84.6 cm³/mol. The van der Waals surface area contributed by atoms with Crippen molar-refractivity contribution in [2.75, 3.05) is 13.1 Å². The highest BCUT2D eigenvalue weighted by Crippen LogP contribution is 2.46. The highest BCUT2D eigenvalue weighted by atomic mass is 79.9. The van der Waals surface area contributed by atoms with Crippen molar-refractivity contribution in [1.29, 1.82) is 0 Å². The van der Waals surface area contributed by atoms with E-state index < -0.39 is 0 Å². The molecular formula is C16H21BrClN. The molecule has 0 unspecified atom stereocenters. The van der Waals surface area contributed by atoms with E-state index in [1.807, 2.05) is 6.07 Å². The van der Waals surface area contributed by atoms with Crippen LogP contribution in [0.5, 0.6) is 0 Å². The molecule has 3 rings (SSSR count). The average Bonchev–Trinajstić information content (AvgIpc) is 2.84. The number of nitrogens with zero attached hydrogens (tertiary/aromatic N) is 1. The zero-order valence-corrected chi connectivity index (χ0v) is 13.6. The number of rotatable bonds is 2. The lowest BCUT2D eigenvalue weighted by atomic mass is 9.77.